The van der Waals surface area contributed by atoms with Crippen LogP contribution in [0.1, 0.15) is 41.0 Å². The van der Waals surface area contributed by atoms with Gasteiger partial charge in [0.15, 0.2) is 0 Å². The van der Waals surface area contributed by atoms with E-state index in [1.54, 1.807) is 0 Å². The Labute approximate surface area is 82.0 Å². The van der Waals surface area contributed by atoms with E-state index < -0.39 is 0 Å². The maximum atomic E-state index is 5.76. The van der Waals surface area contributed by atoms with Gasteiger partial charge in [0.05, 0.1) is 6.61 Å². The van der Waals surface area contributed by atoms with Gasteiger partial charge in [0.25, 0.3) is 0 Å². The minimum atomic E-state index is 0.257. The van der Waals surface area contributed by atoms with Gasteiger partial charge in [0, 0.05) is 12.0 Å². The van der Waals surface area contributed by atoms with Crippen molar-refractivity contribution in [1.29, 1.82) is 0 Å². The molecule has 0 saturated carbocycles. The van der Waals surface area contributed by atoms with Crippen molar-refractivity contribution in [2.45, 2.75) is 47.3 Å². The predicted molar refractivity (Wildman–Crippen MR) is 55.6 cm³/mol. The standard InChI is InChI=1S/C11H23NO/c1-10(2,3)6-9-12-7-11(4,5)8-13-9/h9,12H,6-8H2,1-5H3. The lowest BCUT2D eigenvalue weighted by Gasteiger charge is -2.37. The molecule has 1 N–H and O–H groups in total. The van der Waals surface area contributed by atoms with E-state index in [-0.39, 0.29) is 6.23 Å². The Bertz CT molecular complexity index is 159. The molecule has 1 aliphatic heterocycles. The van der Waals surface area contributed by atoms with Crippen LogP contribution in [-0.2, 0) is 4.74 Å². The van der Waals surface area contributed by atoms with E-state index in [4.69, 9.17) is 4.74 Å². The van der Waals surface area contributed by atoms with E-state index in [9.17, 15) is 0 Å². The molecule has 0 bridgehead atoms. The first-order chi connectivity index (χ1) is 5.79. The normalized spacial score (nSPS) is 28.8. The van der Waals surface area contributed by atoms with Crippen molar-refractivity contribution in [3.05, 3.63) is 0 Å². The first-order valence-electron chi connectivity index (χ1n) is 5.14. The zero-order chi connectivity index (χ0) is 10.1. The number of ether oxygens (including phenoxy) is 1. The van der Waals surface area contributed by atoms with Gasteiger partial charge in [-0.2, -0.15) is 0 Å². The average Bonchev–Trinajstić information content (AvgIpc) is 1.91. The molecular weight excluding hydrogens is 162 g/mol. The zero-order valence-electron chi connectivity index (χ0n) is 9.61. The van der Waals surface area contributed by atoms with Gasteiger partial charge in [-0.1, -0.05) is 34.6 Å². The fourth-order valence-corrected chi connectivity index (χ4v) is 1.51. The minimum Gasteiger partial charge on any atom is -0.363 e. The monoisotopic (exact) mass is 185 g/mol. The second-order valence-electron chi connectivity index (χ2n) is 6.11. The Balaban J connectivity index is 2.34. The van der Waals surface area contributed by atoms with Crippen LogP contribution in [0.4, 0.5) is 0 Å². The molecule has 0 radical (unpaired) electrons. The largest absolute Gasteiger partial charge is 0.363 e. The van der Waals surface area contributed by atoms with Crippen LogP contribution < -0.4 is 5.32 Å². The van der Waals surface area contributed by atoms with Crippen molar-refractivity contribution in [2.24, 2.45) is 10.8 Å². The average molecular weight is 185 g/mol. The van der Waals surface area contributed by atoms with Gasteiger partial charge in [0.1, 0.15) is 6.23 Å². The minimum absolute atomic E-state index is 0.257. The molecule has 1 saturated heterocycles. The molecule has 13 heavy (non-hydrogen) atoms. The summed E-state index contributed by atoms with van der Waals surface area (Å²) in [7, 11) is 0. The highest BCUT2D eigenvalue weighted by atomic mass is 16.5. The van der Waals surface area contributed by atoms with Crippen molar-refractivity contribution in [3.63, 3.8) is 0 Å². The number of hydrogen-bond acceptors (Lipinski definition) is 2. The second-order valence-corrected chi connectivity index (χ2v) is 6.11. The number of rotatable bonds is 1. The van der Waals surface area contributed by atoms with Crippen LogP contribution in [0, 0.1) is 10.8 Å². The lowest BCUT2D eigenvalue weighted by molar-refractivity contribution is -0.0728. The molecule has 0 amide bonds. The van der Waals surface area contributed by atoms with Gasteiger partial charge in [-0.05, 0) is 11.8 Å². The van der Waals surface area contributed by atoms with E-state index in [0.717, 1.165) is 19.6 Å². The van der Waals surface area contributed by atoms with E-state index in [1.807, 2.05) is 0 Å². The summed E-state index contributed by atoms with van der Waals surface area (Å²) in [6.07, 6.45) is 1.34. The quantitative estimate of drug-likeness (QED) is 0.677. The maximum absolute atomic E-state index is 5.76. The third kappa shape index (κ3) is 4.10. The molecule has 78 valence electrons. The number of hydrogen-bond donors (Lipinski definition) is 1. The summed E-state index contributed by atoms with van der Waals surface area (Å²) >= 11 is 0. The van der Waals surface area contributed by atoms with Crippen molar-refractivity contribution < 1.29 is 4.74 Å². The maximum Gasteiger partial charge on any atom is 0.108 e. The smallest absolute Gasteiger partial charge is 0.108 e. The molecule has 2 nitrogen and oxygen atoms in total. The first-order valence-corrected chi connectivity index (χ1v) is 5.14. The SMILES string of the molecule is CC(C)(C)CC1NCC(C)(C)CO1. The van der Waals surface area contributed by atoms with E-state index >= 15 is 0 Å². The van der Waals surface area contributed by atoms with Crippen LogP contribution in [0.25, 0.3) is 0 Å². The summed E-state index contributed by atoms with van der Waals surface area (Å²) in [5.74, 6) is 0. The van der Waals surface area contributed by atoms with Crippen LogP contribution in [-0.4, -0.2) is 19.4 Å². The zero-order valence-corrected chi connectivity index (χ0v) is 9.61. The van der Waals surface area contributed by atoms with Gasteiger partial charge in [-0.3, -0.25) is 5.32 Å². The van der Waals surface area contributed by atoms with E-state index in [0.29, 0.717) is 10.8 Å². The molecule has 0 aromatic heterocycles. The third-order valence-electron chi connectivity index (χ3n) is 2.28. The lowest BCUT2D eigenvalue weighted by atomic mass is 9.89. The molecule has 1 fully saturated rings. The summed E-state index contributed by atoms with van der Waals surface area (Å²) < 4.78 is 5.76. The Kier molecular flexibility index (Phi) is 3.03. The summed E-state index contributed by atoms with van der Waals surface area (Å²) in [6, 6.07) is 0. The van der Waals surface area contributed by atoms with Gasteiger partial charge < -0.3 is 4.74 Å². The number of nitrogens with one attached hydrogen (secondary N) is 1. The Morgan fingerprint density at radius 2 is 2.00 bits per heavy atom. The van der Waals surface area contributed by atoms with Crippen LogP contribution in [0.3, 0.4) is 0 Å². The molecule has 0 aromatic carbocycles. The summed E-state index contributed by atoms with van der Waals surface area (Å²) in [5.41, 5.74) is 0.646. The van der Waals surface area contributed by atoms with Crippen LogP contribution in [0.5, 0.6) is 0 Å². The van der Waals surface area contributed by atoms with E-state index in [1.165, 1.54) is 0 Å². The Morgan fingerprint density at radius 1 is 1.38 bits per heavy atom. The molecule has 0 spiro atoms. The fourth-order valence-electron chi connectivity index (χ4n) is 1.51. The predicted octanol–water partition coefficient (Wildman–Crippen LogP) is 2.39. The van der Waals surface area contributed by atoms with Crippen molar-refractivity contribution in [1.82, 2.24) is 5.32 Å². The molecule has 1 unspecified atom stereocenters. The van der Waals surface area contributed by atoms with Gasteiger partial charge in [-0.15, -0.1) is 0 Å². The van der Waals surface area contributed by atoms with Crippen LogP contribution >= 0.6 is 0 Å². The molecule has 0 aromatic rings. The first kappa shape index (κ1) is 11.0. The molecule has 2 heteroatoms. The second kappa shape index (κ2) is 3.58. The Morgan fingerprint density at radius 3 is 2.38 bits per heavy atom. The van der Waals surface area contributed by atoms with Crippen molar-refractivity contribution >= 4 is 0 Å². The van der Waals surface area contributed by atoms with Gasteiger partial charge in [0.2, 0.25) is 0 Å². The molecule has 1 atom stereocenters. The highest BCUT2D eigenvalue weighted by Gasteiger charge is 2.29. The van der Waals surface area contributed by atoms with Crippen molar-refractivity contribution in [2.75, 3.05) is 13.2 Å². The molecule has 1 aliphatic rings. The van der Waals surface area contributed by atoms with Gasteiger partial charge >= 0.3 is 0 Å². The van der Waals surface area contributed by atoms with Crippen LogP contribution in [0.2, 0.25) is 0 Å². The third-order valence-corrected chi connectivity index (χ3v) is 2.28. The fraction of sp³-hybridized carbons (Fsp3) is 1.00. The van der Waals surface area contributed by atoms with Gasteiger partial charge in [-0.25, -0.2) is 0 Å². The molecule has 1 rings (SSSR count). The van der Waals surface area contributed by atoms with Crippen molar-refractivity contribution in [3.8, 4) is 0 Å². The van der Waals surface area contributed by atoms with E-state index in [2.05, 4.69) is 39.9 Å². The summed E-state index contributed by atoms with van der Waals surface area (Å²) in [6.45, 7) is 13.1. The lowest BCUT2D eigenvalue weighted by Crippen LogP contribution is -2.48. The summed E-state index contributed by atoms with van der Waals surface area (Å²) in [5, 5.41) is 3.44. The molecule has 1 heterocycles. The summed E-state index contributed by atoms with van der Waals surface area (Å²) in [4.78, 5) is 0. The van der Waals surface area contributed by atoms with Crippen LogP contribution in [0.15, 0.2) is 0 Å². The topological polar surface area (TPSA) is 21.3 Å². The molecule has 0 aliphatic carbocycles. The molecular formula is C11H23NO. The highest BCUT2D eigenvalue weighted by molar-refractivity contribution is 4.79. The highest BCUT2D eigenvalue weighted by Crippen LogP contribution is 2.26. The Hall–Kier alpha value is -0.0800.